The molecule has 1 fully saturated rings. The number of fused-ring (bicyclic) bond motifs is 1. The summed E-state index contributed by atoms with van der Waals surface area (Å²) in [4.78, 5) is 12.0. The molecule has 0 saturated heterocycles. The van der Waals surface area contributed by atoms with E-state index < -0.39 is 18.4 Å². The Morgan fingerprint density at radius 3 is 2.89 bits per heavy atom. The molecule has 0 aromatic rings. The first-order valence-electron chi connectivity index (χ1n) is 8.61. The molecule has 2 aliphatic carbocycles. The van der Waals surface area contributed by atoms with Crippen molar-refractivity contribution in [3.05, 3.63) is 11.6 Å². The lowest BCUT2D eigenvalue weighted by Crippen LogP contribution is -2.51. The maximum Gasteiger partial charge on any atom is 0.337 e. The van der Waals surface area contributed by atoms with Crippen LogP contribution in [0.2, 0.25) is 0 Å². The summed E-state index contributed by atoms with van der Waals surface area (Å²) in [5.74, 6) is -0.217. The van der Waals surface area contributed by atoms with E-state index in [1.54, 1.807) is 0 Å². The van der Waals surface area contributed by atoms with Crippen molar-refractivity contribution < 1.29 is 18.8 Å². The van der Waals surface area contributed by atoms with Gasteiger partial charge in [-0.15, -0.1) is 0 Å². The normalized spacial score (nSPS) is 40.8. The quantitative estimate of drug-likeness (QED) is 0.477. The Labute approximate surface area is 120 Å². The van der Waals surface area contributed by atoms with Gasteiger partial charge in [-0.1, -0.05) is 25.0 Å². The second-order valence-electron chi connectivity index (χ2n) is 6.27. The van der Waals surface area contributed by atoms with Crippen molar-refractivity contribution in [3.63, 3.8) is 0 Å². The fraction of sp³-hybridized carbons (Fsp3) is 0.812. The van der Waals surface area contributed by atoms with Crippen LogP contribution in [0, 0.1) is 23.7 Å². The van der Waals surface area contributed by atoms with Gasteiger partial charge in [-0.2, -0.15) is 0 Å². The van der Waals surface area contributed by atoms with E-state index in [2.05, 4.69) is 6.92 Å². The van der Waals surface area contributed by atoms with Crippen LogP contribution in [-0.2, 0) is 9.53 Å². The van der Waals surface area contributed by atoms with Gasteiger partial charge in [0.2, 0.25) is 0 Å². The molecule has 0 bridgehead atoms. The lowest BCUT2D eigenvalue weighted by Gasteiger charge is -2.47. The highest BCUT2D eigenvalue weighted by atomic mass is 16.5. The van der Waals surface area contributed by atoms with E-state index in [4.69, 9.17) is 8.85 Å². The summed E-state index contributed by atoms with van der Waals surface area (Å²) in [5.41, 5.74) is -1.11. The summed E-state index contributed by atoms with van der Waals surface area (Å²) in [6.45, 7) is 1.58. The van der Waals surface area contributed by atoms with Crippen molar-refractivity contribution in [1.29, 1.82) is 0 Å². The lowest BCUT2D eigenvalue weighted by atomic mass is 9.59. The number of rotatable bonds is 2. The van der Waals surface area contributed by atoms with Gasteiger partial charge in [0.05, 0.1) is 7.11 Å². The van der Waals surface area contributed by atoms with Gasteiger partial charge in [-0.25, -0.2) is 4.79 Å². The molecule has 19 heavy (non-hydrogen) atoms. The van der Waals surface area contributed by atoms with E-state index in [1.165, 1.54) is 14.0 Å². The third-order valence-corrected chi connectivity index (χ3v) is 5.08. The van der Waals surface area contributed by atoms with Crippen molar-refractivity contribution in [2.24, 2.45) is 23.7 Å². The minimum absolute atomic E-state index is 0.0815. The van der Waals surface area contributed by atoms with Crippen LogP contribution in [0.5, 0.6) is 0 Å². The van der Waals surface area contributed by atoms with Crippen molar-refractivity contribution in [3.8, 4) is 0 Å². The number of carbonyl (C=O) groups excluding carboxylic acids is 1. The summed E-state index contributed by atoms with van der Waals surface area (Å²) in [7, 11) is 1.27. The van der Waals surface area contributed by atoms with Crippen LogP contribution >= 0.6 is 0 Å². The zero-order valence-electron chi connectivity index (χ0n) is 15.0. The van der Waals surface area contributed by atoms with E-state index in [0.717, 1.165) is 12.8 Å². The average Bonchev–Trinajstić information content (AvgIpc) is 2.45. The molecule has 0 aromatic heterocycles. The van der Waals surface area contributed by atoms with Gasteiger partial charge >= 0.3 is 5.97 Å². The zero-order valence-corrected chi connectivity index (χ0v) is 12.0. The Morgan fingerprint density at radius 2 is 2.26 bits per heavy atom. The number of esters is 1. The molecule has 3 heteroatoms. The maximum atomic E-state index is 12.0. The molecule has 0 spiro atoms. The lowest BCUT2D eigenvalue weighted by molar-refractivity contribution is -0.171. The Morgan fingerprint density at radius 1 is 1.53 bits per heavy atom. The fourth-order valence-electron chi connectivity index (χ4n) is 3.90. The molecule has 0 amide bonds. The van der Waals surface area contributed by atoms with Crippen LogP contribution in [-0.4, -0.2) is 23.8 Å². The second-order valence-corrected chi connectivity index (χ2v) is 6.27. The SMILES string of the molecule is [2H][13C]([2H])([2H])C1=C[C@H]2[C@@H](CC1)[C@H](C)CC[C@H]2C(C)(O)C(=O)OC. The van der Waals surface area contributed by atoms with Crippen LogP contribution in [0.3, 0.4) is 0 Å². The number of hydrogen-bond acceptors (Lipinski definition) is 3. The standard InChI is InChI=1S/C16H26O3/c1-10-5-7-12-11(2)6-8-14(13(12)9-10)16(3,18)15(17)19-4/h9,11-14,18H,5-8H2,1-4H3/t11-,12+,13+,14-,16?/m1/s1/i1+1D3. The Hall–Kier alpha value is -0.830. The maximum absolute atomic E-state index is 12.0. The van der Waals surface area contributed by atoms with Crippen molar-refractivity contribution >= 4 is 5.97 Å². The molecule has 0 aromatic carbocycles. The summed E-state index contributed by atoms with van der Waals surface area (Å²) in [5, 5.41) is 10.7. The molecule has 1 saturated carbocycles. The molecule has 0 aliphatic heterocycles. The van der Waals surface area contributed by atoms with Crippen LogP contribution < -0.4 is 0 Å². The molecule has 1 unspecified atom stereocenters. The Kier molecular flexibility index (Phi) is 3.03. The third kappa shape index (κ3) is 2.58. The number of aliphatic hydroxyl groups is 1. The van der Waals surface area contributed by atoms with Crippen LogP contribution in [0.15, 0.2) is 11.6 Å². The zero-order chi connectivity index (χ0) is 16.7. The molecule has 2 rings (SSSR count). The average molecular weight is 270 g/mol. The Bertz CT molecular complexity index is 468. The third-order valence-electron chi connectivity index (χ3n) is 5.08. The molecule has 3 nitrogen and oxygen atoms in total. The first-order chi connectivity index (χ1) is 10.1. The first kappa shape index (κ1) is 10.9. The van der Waals surface area contributed by atoms with Crippen LogP contribution in [0.1, 0.15) is 50.5 Å². The van der Waals surface area contributed by atoms with Gasteiger partial charge in [-0.05, 0) is 50.8 Å². The van der Waals surface area contributed by atoms with Gasteiger partial charge in [0.25, 0.3) is 0 Å². The molecule has 0 heterocycles. The molecular weight excluding hydrogens is 241 g/mol. The predicted molar refractivity (Wildman–Crippen MR) is 74.5 cm³/mol. The van der Waals surface area contributed by atoms with Crippen LogP contribution in [0.25, 0.3) is 0 Å². The van der Waals surface area contributed by atoms with Gasteiger partial charge in [0, 0.05) is 10.0 Å². The number of ether oxygens (including phenoxy) is 1. The minimum Gasteiger partial charge on any atom is -0.467 e. The monoisotopic (exact) mass is 270 g/mol. The highest BCUT2D eigenvalue weighted by Crippen LogP contribution is 2.49. The first-order valence-corrected chi connectivity index (χ1v) is 7.11. The van der Waals surface area contributed by atoms with E-state index in [1.807, 2.05) is 6.08 Å². The number of hydrogen-bond donors (Lipinski definition) is 1. The predicted octanol–water partition coefficient (Wildman–Crippen LogP) is 2.93. The topological polar surface area (TPSA) is 46.5 Å². The van der Waals surface area contributed by atoms with Gasteiger partial charge in [0.15, 0.2) is 5.60 Å². The number of carbonyl (C=O) groups is 1. The van der Waals surface area contributed by atoms with Crippen LogP contribution in [0.4, 0.5) is 0 Å². The van der Waals surface area contributed by atoms with Gasteiger partial charge in [-0.3, -0.25) is 0 Å². The summed E-state index contributed by atoms with van der Waals surface area (Å²) in [6, 6.07) is 0. The van der Waals surface area contributed by atoms with E-state index >= 15 is 0 Å². The molecule has 0 radical (unpaired) electrons. The fourth-order valence-corrected chi connectivity index (χ4v) is 3.90. The highest BCUT2D eigenvalue weighted by molar-refractivity contribution is 5.79. The number of methoxy groups -OCH3 is 1. The van der Waals surface area contributed by atoms with E-state index in [9.17, 15) is 9.90 Å². The highest BCUT2D eigenvalue weighted by Gasteiger charge is 2.49. The minimum atomic E-state index is -2.09. The summed E-state index contributed by atoms with van der Waals surface area (Å²) in [6.07, 6.45) is 4.85. The van der Waals surface area contributed by atoms with E-state index in [-0.39, 0.29) is 11.8 Å². The van der Waals surface area contributed by atoms with Gasteiger partial charge < -0.3 is 9.84 Å². The largest absolute Gasteiger partial charge is 0.467 e. The summed E-state index contributed by atoms with van der Waals surface area (Å²) < 4.78 is 27.7. The van der Waals surface area contributed by atoms with Crippen molar-refractivity contribution in [2.75, 3.05) is 7.11 Å². The van der Waals surface area contributed by atoms with Crippen molar-refractivity contribution in [1.82, 2.24) is 0 Å². The van der Waals surface area contributed by atoms with Crippen molar-refractivity contribution in [2.45, 2.75) is 52.0 Å². The molecule has 1 N–H and O–H groups in total. The molecule has 108 valence electrons. The second kappa shape index (κ2) is 5.28. The molecule has 5 atom stereocenters. The van der Waals surface area contributed by atoms with E-state index in [0.29, 0.717) is 30.3 Å². The Balaban J connectivity index is 2.37. The van der Waals surface area contributed by atoms with Gasteiger partial charge in [0.1, 0.15) is 0 Å². The molecular formula is C16H26O3. The molecule has 2 aliphatic rings. The smallest absolute Gasteiger partial charge is 0.337 e. The number of allylic oxidation sites excluding steroid dienone is 2. The summed E-state index contributed by atoms with van der Waals surface area (Å²) >= 11 is 0.